The molecule has 0 saturated carbocycles. The van der Waals surface area contributed by atoms with Gasteiger partial charge in [-0.2, -0.15) is 0 Å². The van der Waals surface area contributed by atoms with Gasteiger partial charge in [-0.3, -0.25) is 24.0 Å². The van der Waals surface area contributed by atoms with Gasteiger partial charge in [-0.05, 0) is 108 Å². The molecule has 0 bridgehead atoms. The van der Waals surface area contributed by atoms with Crippen LogP contribution in [0.15, 0.2) is 97.1 Å². The molecule has 2 fully saturated rings. The fourth-order valence-corrected chi connectivity index (χ4v) is 11.1. The van der Waals surface area contributed by atoms with E-state index in [1.165, 1.54) is 39.8 Å². The van der Waals surface area contributed by atoms with E-state index in [2.05, 4.69) is 67.7 Å². The standard InChI is InChI=1S/C56H72FNO12Si2/c1-34(59)64-33-48-51(65-35(2)60)53(67-37(4)62)52(66-36(3)61)50(68-48)41-20-18-19-39(31-41)40-25-28-44(47(32-40)70-72(13,14)56(8,9)10)49-45(54(63)58(49)43-21-16-15-17-22-43)29-30-46(38-23-26-42(57)27-24-38)69-71(11,12)55(5,6)7/h15-28,31-32,45-46,48-53H,29-30,33H2,1-14H3/t45-,46+,48-,49-,50+,51-,52+,53+/m1/s1. The topological polar surface area (TPSA) is 153 Å². The van der Waals surface area contributed by atoms with E-state index in [0.717, 1.165) is 27.9 Å². The monoisotopic (exact) mass is 1030 g/mol. The lowest BCUT2D eigenvalue weighted by Crippen LogP contribution is -2.59. The fraction of sp³-hybridized carbons (Fsp3) is 0.482. The van der Waals surface area contributed by atoms with Gasteiger partial charge in [0.2, 0.25) is 14.2 Å². The fourth-order valence-electron chi connectivity index (χ4n) is 8.76. The van der Waals surface area contributed by atoms with Gasteiger partial charge in [-0.1, -0.05) is 102 Å². The first kappa shape index (κ1) is 55.6. The molecule has 16 heteroatoms. The predicted molar refractivity (Wildman–Crippen MR) is 277 cm³/mol. The van der Waals surface area contributed by atoms with Crippen molar-refractivity contribution >= 4 is 52.1 Å². The van der Waals surface area contributed by atoms with Crippen LogP contribution >= 0.6 is 0 Å². The van der Waals surface area contributed by atoms with E-state index in [1.807, 2.05) is 71.6 Å². The molecule has 72 heavy (non-hydrogen) atoms. The molecule has 0 aliphatic carbocycles. The highest BCUT2D eigenvalue weighted by molar-refractivity contribution is 6.75. The minimum absolute atomic E-state index is 0.0174. The van der Waals surface area contributed by atoms with Crippen LogP contribution in [0, 0.1) is 11.7 Å². The van der Waals surface area contributed by atoms with Gasteiger partial charge in [0.15, 0.2) is 26.6 Å². The number of carbonyl (C=O) groups is 5. The number of nitrogens with zero attached hydrogens (tertiary/aromatic N) is 1. The van der Waals surface area contributed by atoms with Crippen LogP contribution in [-0.4, -0.2) is 77.4 Å². The summed E-state index contributed by atoms with van der Waals surface area (Å²) in [4.78, 5) is 66.3. The first-order valence-electron chi connectivity index (χ1n) is 24.6. The van der Waals surface area contributed by atoms with Gasteiger partial charge in [0.05, 0.1) is 18.1 Å². The van der Waals surface area contributed by atoms with Crippen molar-refractivity contribution in [3.63, 3.8) is 0 Å². The summed E-state index contributed by atoms with van der Waals surface area (Å²) in [6, 6.07) is 29.1. The van der Waals surface area contributed by atoms with Gasteiger partial charge >= 0.3 is 23.9 Å². The maximum absolute atomic E-state index is 14.7. The molecule has 2 saturated heterocycles. The second-order valence-corrected chi connectivity index (χ2v) is 31.4. The summed E-state index contributed by atoms with van der Waals surface area (Å²) in [5.74, 6) is -2.92. The molecule has 0 aromatic heterocycles. The molecule has 6 rings (SSSR count). The third-order valence-electron chi connectivity index (χ3n) is 14.5. The van der Waals surface area contributed by atoms with Crippen molar-refractivity contribution in [2.24, 2.45) is 5.92 Å². The lowest BCUT2D eigenvalue weighted by Gasteiger charge is -2.49. The van der Waals surface area contributed by atoms with Gasteiger partial charge in [-0.15, -0.1) is 0 Å². The summed E-state index contributed by atoms with van der Waals surface area (Å²) < 4.78 is 57.7. The first-order valence-corrected chi connectivity index (χ1v) is 30.5. The van der Waals surface area contributed by atoms with Gasteiger partial charge in [-0.25, -0.2) is 4.39 Å². The minimum Gasteiger partial charge on any atom is -0.543 e. The zero-order valence-corrected chi connectivity index (χ0v) is 46.2. The summed E-state index contributed by atoms with van der Waals surface area (Å²) in [5, 5.41) is -0.296. The SMILES string of the molecule is CC(=O)OC[C@H]1O[C@@H](c2cccc(-c3ccc([C@@H]4[C@@H](CC[C@H](O[Si](C)(C)C(C)(C)C)c5ccc(F)cc5)C(=O)N4c4ccccc4)c(O[Si](C)(C)C(C)(C)C)c3)c2)[C@H](OC(C)=O)[C@@H](OC(C)=O)[C@@H]1OC(C)=O. The van der Waals surface area contributed by atoms with Crippen molar-refractivity contribution in [2.45, 2.75) is 161 Å². The van der Waals surface area contributed by atoms with Crippen LogP contribution in [0.4, 0.5) is 10.1 Å². The number of hydrogen-bond donors (Lipinski definition) is 0. The quantitative estimate of drug-likeness (QED) is 0.0428. The maximum Gasteiger partial charge on any atom is 0.303 e. The average Bonchev–Trinajstić information content (AvgIpc) is 3.28. The molecule has 0 N–H and O–H groups in total. The summed E-state index contributed by atoms with van der Waals surface area (Å²) in [6.45, 7) is 26.3. The normalized spacial score (nSPS) is 22.0. The van der Waals surface area contributed by atoms with Crippen LogP contribution in [0.2, 0.25) is 36.3 Å². The maximum atomic E-state index is 14.7. The van der Waals surface area contributed by atoms with Crippen molar-refractivity contribution in [2.75, 3.05) is 11.5 Å². The van der Waals surface area contributed by atoms with E-state index in [1.54, 1.807) is 18.2 Å². The highest BCUT2D eigenvalue weighted by atomic mass is 28.4. The number of hydrogen-bond acceptors (Lipinski definition) is 12. The molecular formula is C56H72FNO12Si2. The molecule has 13 nitrogen and oxygen atoms in total. The van der Waals surface area contributed by atoms with E-state index < -0.39 is 83.0 Å². The Morgan fingerprint density at radius 2 is 1.26 bits per heavy atom. The number of halogens is 1. The molecule has 2 aliphatic heterocycles. The Morgan fingerprint density at radius 1 is 0.681 bits per heavy atom. The predicted octanol–water partition coefficient (Wildman–Crippen LogP) is 11.9. The molecule has 0 unspecified atom stereocenters. The molecule has 0 spiro atoms. The van der Waals surface area contributed by atoms with Crippen LogP contribution in [0.25, 0.3) is 11.1 Å². The lowest BCUT2D eigenvalue weighted by molar-refractivity contribution is -0.254. The second kappa shape index (κ2) is 22.2. The van der Waals surface area contributed by atoms with Gasteiger partial charge in [0.1, 0.15) is 30.4 Å². The lowest BCUT2D eigenvalue weighted by atomic mass is 9.77. The van der Waals surface area contributed by atoms with Crippen molar-refractivity contribution in [1.82, 2.24) is 0 Å². The Balaban J connectivity index is 1.46. The number of amides is 1. The van der Waals surface area contributed by atoms with E-state index in [0.29, 0.717) is 24.2 Å². The van der Waals surface area contributed by atoms with Crippen LogP contribution in [-0.2, 0) is 52.1 Å². The molecule has 1 amide bonds. The molecular weight excluding hydrogens is 954 g/mol. The minimum atomic E-state index is -2.56. The molecule has 2 aliphatic rings. The van der Waals surface area contributed by atoms with Crippen molar-refractivity contribution in [3.8, 4) is 16.9 Å². The summed E-state index contributed by atoms with van der Waals surface area (Å²) >= 11 is 0. The Morgan fingerprint density at radius 3 is 1.85 bits per heavy atom. The molecule has 0 radical (unpaired) electrons. The second-order valence-electron chi connectivity index (χ2n) is 22.0. The Bertz CT molecular complexity index is 2590. The Labute approximate surface area is 426 Å². The molecule has 4 aromatic carbocycles. The molecule has 8 atom stereocenters. The number of esters is 4. The smallest absolute Gasteiger partial charge is 0.303 e. The van der Waals surface area contributed by atoms with Gasteiger partial charge in [0, 0.05) is 38.9 Å². The highest BCUT2D eigenvalue weighted by Gasteiger charge is 2.54. The third-order valence-corrected chi connectivity index (χ3v) is 23.3. The van der Waals surface area contributed by atoms with Crippen molar-refractivity contribution < 1.29 is 60.9 Å². The Kier molecular flexibility index (Phi) is 17.2. The third kappa shape index (κ3) is 12.9. The van der Waals surface area contributed by atoms with E-state index in [4.69, 9.17) is 32.5 Å². The number of carbonyl (C=O) groups excluding carboxylic acids is 5. The van der Waals surface area contributed by atoms with Crippen LogP contribution < -0.4 is 9.33 Å². The number of ether oxygens (including phenoxy) is 5. The Hall–Kier alpha value is -5.69. The zero-order valence-electron chi connectivity index (χ0n) is 44.2. The zero-order chi connectivity index (χ0) is 53.1. The highest BCUT2D eigenvalue weighted by Crippen LogP contribution is 2.52. The summed E-state index contributed by atoms with van der Waals surface area (Å²) in [7, 11) is -4.89. The number of anilines is 1. The number of rotatable bonds is 17. The van der Waals surface area contributed by atoms with Crippen LogP contribution in [0.3, 0.4) is 0 Å². The van der Waals surface area contributed by atoms with E-state index >= 15 is 0 Å². The first-order chi connectivity index (χ1) is 33.6. The number of benzene rings is 4. The average molecular weight is 1030 g/mol. The largest absolute Gasteiger partial charge is 0.543 e. The van der Waals surface area contributed by atoms with Gasteiger partial charge in [0.25, 0.3) is 0 Å². The van der Waals surface area contributed by atoms with Crippen LogP contribution in [0.5, 0.6) is 5.75 Å². The van der Waals surface area contributed by atoms with Gasteiger partial charge < -0.3 is 37.4 Å². The molecule has 2 heterocycles. The van der Waals surface area contributed by atoms with Crippen molar-refractivity contribution in [1.29, 1.82) is 0 Å². The molecule has 388 valence electrons. The van der Waals surface area contributed by atoms with E-state index in [-0.39, 0.29) is 34.5 Å². The van der Waals surface area contributed by atoms with E-state index in [9.17, 15) is 28.4 Å². The van der Waals surface area contributed by atoms with Crippen molar-refractivity contribution in [3.05, 3.63) is 120 Å². The number of para-hydroxylation sites is 1. The summed E-state index contributed by atoms with van der Waals surface area (Å²) in [5.41, 5.74) is 4.50. The number of β-lactam (4-membered cyclic amide) rings is 1. The summed E-state index contributed by atoms with van der Waals surface area (Å²) in [6.07, 6.45) is -5.49. The van der Waals surface area contributed by atoms with Crippen LogP contribution in [0.1, 0.15) is 117 Å². The molecule has 4 aromatic rings.